The highest BCUT2D eigenvalue weighted by atomic mass is 16.6. The molecule has 1 fully saturated rings. The minimum Gasteiger partial charge on any atom is -0.504 e. The molecule has 1 aliphatic heterocycles. The van der Waals surface area contributed by atoms with Crippen molar-refractivity contribution in [2.75, 3.05) is 7.11 Å². The van der Waals surface area contributed by atoms with Crippen molar-refractivity contribution in [1.82, 2.24) is 0 Å². The normalized spacial score (nSPS) is 26.3. The van der Waals surface area contributed by atoms with E-state index in [2.05, 4.69) is 0 Å². The number of esters is 1. The molecule has 1 aromatic rings. The van der Waals surface area contributed by atoms with Gasteiger partial charge in [0.2, 0.25) is 0 Å². The predicted molar refractivity (Wildman–Crippen MR) is 102 cm³/mol. The van der Waals surface area contributed by atoms with Crippen LogP contribution >= 0.6 is 0 Å². The van der Waals surface area contributed by atoms with Crippen molar-refractivity contribution in [3.8, 4) is 11.5 Å². The zero-order valence-corrected chi connectivity index (χ0v) is 17.1. The summed E-state index contributed by atoms with van der Waals surface area (Å²) in [6.45, 7) is 10.7. The van der Waals surface area contributed by atoms with Gasteiger partial charge in [0.15, 0.2) is 11.5 Å². The van der Waals surface area contributed by atoms with E-state index in [-0.39, 0.29) is 17.6 Å². The fraction of sp³-hybridized carbons (Fsp3) is 0.571. The highest BCUT2D eigenvalue weighted by Gasteiger charge is 2.54. The summed E-state index contributed by atoms with van der Waals surface area (Å²) in [5.74, 6) is -0.914. The molecule has 0 bridgehead atoms. The van der Waals surface area contributed by atoms with Crippen LogP contribution in [-0.4, -0.2) is 41.1 Å². The second-order valence-corrected chi connectivity index (χ2v) is 7.75. The lowest BCUT2D eigenvalue weighted by Crippen LogP contribution is -2.40. The molecule has 2 N–H and O–H groups in total. The van der Waals surface area contributed by atoms with Crippen LogP contribution in [0.25, 0.3) is 0 Å². The molecule has 6 nitrogen and oxygen atoms in total. The Morgan fingerprint density at radius 1 is 1.33 bits per heavy atom. The SMILES string of the molecule is CC=C(C)C(=O)O[C@H]1C[C@@H](C(C)(C)OC)O[C@]1(C)c1ccc(C)c(O)c1O. The van der Waals surface area contributed by atoms with Crippen LogP contribution in [0.3, 0.4) is 0 Å². The molecule has 1 saturated heterocycles. The molecule has 1 aromatic carbocycles. The Kier molecular flexibility index (Phi) is 5.92. The number of phenolic OH excluding ortho intramolecular Hbond substituents is 2. The van der Waals surface area contributed by atoms with E-state index in [1.54, 1.807) is 53.0 Å². The molecule has 3 atom stereocenters. The van der Waals surface area contributed by atoms with E-state index in [9.17, 15) is 15.0 Å². The third kappa shape index (κ3) is 3.82. The number of hydrogen-bond acceptors (Lipinski definition) is 6. The van der Waals surface area contributed by atoms with Crippen molar-refractivity contribution < 1.29 is 29.2 Å². The van der Waals surface area contributed by atoms with Crippen LogP contribution in [0.5, 0.6) is 11.5 Å². The lowest BCUT2D eigenvalue weighted by atomic mass is 9.87. The number of phenols is 2. The quantitative estimate of drug-likeness (QED) is 0.461. The Labute approximate surface area is 160 Å². The van der Waals surface area contributed by atoms with Gasteiger partial charge in [0.1, 0.15) is 11.7 Å². The van der Waals surface area contributed by atoms with E-state index >= 15 is 0 Å². The Morgan fingerprint density at radius 2 is 1.96 bits per heavy atom. The minimum absolute atomic E-state index is 0.207. The van der Waals surface area contributed by atoms with E-state index in [1.807, 2.05) is 13.8 Å². The van der Waals surface area contributed by atoms with Gasteiger partial charge < -0.3 is 24.4 Å². The lowest BCUT2D eigenvalue weighted by molar-refractivity contribution is -0.163. The van der Waals surface area contributed by atoms with Crippen LogP contribution in [0.1, 0.15) is 52.2 Å². The van der Waals surface area contributed by atoms with E-state index in [0.717, 1.165) is 0 Å². The number of carbonyl (C=O) groups excluding carboxylic acids is 1. The molecule has 0 saturated carbocycles. The molecular weight excluding hydrogens is 348 g/mol. The Hall–Kier alpha value is -2.05. The van der Waals surface area contributed by atoms with Gasteiger partial charge in [-0.05, 0) is 47.1 Å². The summed E-state index contributed by atoms with van der Waals surface area (Å²) in [5.41, 5.74) is -0.358. The standard InChI is InChI=1S/C21H30O6/c1-8-12(2)19(24)26-16-11-15(20(4,5)25-7)27-21(16,6)14-10-9-13(3)17(22)18(14)23/h8-10,15-16,22-23H,11H2,1-7H3/t15-,16-,21+/m0/s1. The first-order valence-corrected chi connectivity index (χ1v) is 9.06. The van der Waals surface area contributed by atoms with Crippen molar-refractivity contribution in [2.45, 2.75) is 71.4 Å². The number of aromatic hydroxyl groups is 2. The number of hydrogen-bond donors (Lipinski definition) is 2. The maximum Gasteiger partial charge on any atom is 0.333 e. The number of carbonyl (C=O) groups is 1. The molecule has 150 valence electrons. The van der Waals surface area contributed by atoms with Crippen LogP contribution in [0, 0.1) is 6.92 Å². The number of aryl methyl sites for hydroxylation is 1. The molecule has 0 aromatic heterocycles. The maximum atomic E-state index is 12.4. The van der Waals surface area contributed by atoms with Gasteiger partial charge in [0.05, 0.1) is 11.7 Å². The molecule has 1 aliphatic rings. The highest BCUT2D eigenvalue weighted by Crippen LogP contribution is 2.49. The minimum atomic E-state index is -1.14. The largest absolute Gasteiger partial charge is 0.504 e. The molecule has 0 spiro atoms. The van der Waals surface area contributed by atoms with Crippen LogP contribution in [0.2, 0.25) is 0 Å². The molecule has 1 heterocycles. The van der Waals surface area contributed by atoms with Gasteiger partial charge in [-0.15, -0.1) is 0 Å². The van der Waals surface area contributed by atoms with Gasteiger partial charge in [-0.1, -0.05) is 18.2 Å². The number of benzene rings is 1. The number of methoxy groups -OCH3 is 1. The second kappa shape index (κ2) is 7.52. The molecule has 0 unspecified atom stereocenters. The molecule has 0 amide bonds. The van der Waals surface area contributed by atoms with Gasteiger partial charge in [0, 0.05) is 24.7 Å². The van der Waals surface area contributed by atoms with Crippen molar-refractivity contribution in [1.29, 1.82) is 0 Å². The molecule has 6 heteroatoms. The van der Waals surface area contributed by atoms with E-state index in [1.165, 1.54) is 0 Å². The third-order valence-electron chi connectivity index (χ3n) is 5.62. The third-order valence-corrected chi connectivity index (χ3v) is 5.62. The van der Waals surface area contributed by atoms with E-state index < -0.39 is 23.3 Å². The number of ether oxygens (including phenoxy) is 3. The van der Waals surface area contributed by atoms with Gasteiger partial charge in [-0.2, -0.15) is 0 Å². The summed E-state index contributed by atoms with van der Waals surface area (Å²) < 4.78 is 17.6. The summed E-state index contributed by atoms with van der Waals surface area (Å²) in [4.78, 5) is 12.4. The fourth-order valence-corrected chi connectivity index (χ4v) is 3.21. The Bertz CT molecular complexity index is 751. The monoisotopic (exact) mass is 378 g/mol. The van der Waals surface area contributed by atoms with Crippen molar-refractivity contribution in [3.05, 3.63) is 34.9 Å². The number of allylic oxidation sites excluding steroid dienone is 1. The van der Waals surface area contributed by atoms with E-state index in [0.29, 0.717) is 23.1 Å². The summed E-state index contributed by atoms with van der Waals surface area (Å²) in [7, 11) is 1.60. The van der Waals surface area contributed by atoms with Crippen LogP contribution in [0.4, 0.5) is 0 Å². The molecule has 2 rings (SSSR count). The predicted octanol–water partition coefficient (Wildman–Crippen LogP) is 3.71. The van der Waals surface area contributed by atoms with Gasteiger partial charge >= 0.3 is 5.97 Å². The molecular formula is C21H30O6. The molecule has 27 heavy (non-hydrogen) atoms. The average Bonchev–Trinajstić information content (AvgIpc) is 2.97. The summed E-state index contributed by atoms with van der Waals surface area (Å²) in [5, 5.41) is 20.7. The first-order chi connectivity index (χ1) is 12.5. The zero-order chi connectivity index (χ0) is 20.6. The molecule has 0 radical (unpaired) electrons. The first kappa shape index (κ1) is 21.3. The second-order valence-electron chi connectivity index (χ2n) is 7.75. The topological polar surface area (TPSA) is 85.2 Å². The van der Waals surface area contributed by atoms with E-state index in [4.69, 9.17) is 14.2 Å². The Morgan fingerprint density at radius 3 is 2.52 bits per heavy atom. The van der Waals surface area contributed by atoms with Crippen molar-refractivity contribution in [2.24, 2.45) is 0 Å². The van der Waals surface area contributed by atoms with Crippen LogP contribution < -0.4 is 0 Å². The summed E-state index contributed by atoms with van der Waals surface area (Å²) in [6, 6.07) is 3.39. The fourth-order valence-electron chi connectivity index (χ4n) is 3.21. The highest BCUT2D eigenvalue weighted by molar-refractivity contribution is 5.87. The van der Waals surface area contributed by atoms with Crippen molar-refractivity contribution in [3.63, 3.8) is 0 Å². The lowest BCUT2D eigenvalue weighted by Gasteiger charge is -2.34. The average molecular weight is 378 g/mol. The smallest absolute Gasteiger partial charge is 0.333 e. The van der Waals surface area contributed by atoms with Crippen LogP contribution in [-0.2, 0) is 24.6 Å². The zero-order valence-electron chi connectivity index (χ0n) is 17.1. The molecule has 0 aliphatic carbocycles. The van der Waals surface area contributed by atoms with Gasteiger partial charge in [-0.25, -0.2) is 4.79 Å². The van der Waals surface area contributed by atoms with Gasteiger partial charge in [-0.3, -0.25) is 0 Å². The first-order valence-electron chi connectivity index (χ1n) is 9.06. The summed E-state index contributed by atoms with van der Waals surface area (Å²) in [6.07, 6.45) is 1.04. The summed E-state index contributed by atoms with van der Waals surface area (Å²) >= 11 is 0. The van der Waals surface area contributed by atoms with Gasteiger partial charge in [0.25, 0.3) is 0 Å². The van der Waals surface area contributed by atoms with Crippen molar-refractivity contribution >= 4 is 5.97 Å². The maximum absolute atomic E-state index is 12.4. The number of rotatable bonds is 5. The van der Waals surface area contributed by atoms with Crippen LogP contribution in [0.15, 0.2) is 23.8 Å². The Balaban J connectivity index is 2.51.